The van der Waals surface area contributed by atoms with Crippen molar-refractivity contribution in [3.63, 3.8) is 0 Å². The van der Waals surface area contributed by atoms with Crippen LogP contribution < -0.4 is 20.5 Å². The van der Waals surface area contributed by atoms with Crippen LogP contribution in [0, 0.1) is 0 Å². The molecule has 11 heteroatoms. The Labute approximate surface area is 199 Å². The summed E-state index contributed by atoms with van der Waals surface area (Å²) >= 11 is 7.14. The van der Waals surface area contributed by atoms with Crippen molar-refractivity contribution in [3.8, 4) is 11.5 Å². The van der Waals surface area contributed by atoms with Crippen molar-refractivity contribution in [2.24, 2.45) is 5.73 Å². The van der Waals surface area contributed by atoms with E-state index in [1.54, 1.807) is 18.2 Å². The van der Waals surface area contributed by atoms with Gasteiger partial charge in [-0.25, -0.2) is 8.42 Å². The lowest BCUT2D eigenvalue weighted by Gasteiger charge is -2.24. The van der Waals surface area contributed by atoms with Gasteiger partial charge >= 0.3 is 0 Å². The first-order valence-electron chi connectivity index (χ1n) is 9.71. The second-order valence-corrected chi connectivity index (χ2v) is 10.5. The summed E-state index contributed by atoms with van der Waals surface area (Å²) in [6.07, 6.45) is 0.121. The molecule has 4 rings (SSSR count). The Morgan fingerprint density at radius 2 is 1.94 bits per heavy atom. The van der Waals surface area contributed by atoms with Crippen LogP contribution in [-0.2, 0) is 19.4 Å². The third-order valence-corrected chi connectivity index (χ3v) is 8.42. The normalized spacial score (nSPS) is 15.5. The summed E-state index contributed by atoms with van der Waals surface area (Å²) < 4.78 is 37.2. The van der Waals surface area contributed by atoms with E-state index in [4.69, 9.17) is 26.8 Å². The van der Waals surface area contributed by atoms with Crippen LogP contribution in [0.15, 0.2) is 57.6 Å². The van der Waals surface area contributed by atoms with Gasteiger partial charge in [-0.1, -0.05) is 17.7 Å². The van der Waals surface area contributed by atoms with Gasteiger partial charge in [0.25, 0.3) is 5.91 Å². The molecule has 3 N–H and O–H groups in total. The molecule has 2 amide bonds. The van der Waals surface area contributed by atoms with Crippen LogP contribution in [0.25, 0.3) is 0 Å². The van der Waals surface area contributed by atoms with Crippen molar-refractivity contribution in [3.05, 3.63) is 63.3 Å². The van der Waals surface area contributed by atoms with Gasteiger partial charge in [0.05, 0.1) is 17.7 Å². The molecule has 2 heterocycles. The van der Waals surface area contributed by atoms with E-state index in [2.05, 4.69) is 5.32 Å². The molecule has 8 nitrogen and oxygen atoms in total. The fraction of sp³-hybridized carbons (Fsp3) is 0.182. The summed E-state index contributed by atoms with van der Waals surface area (Å²) in [4.78, 5) is 24.5. The minimum Gasteiger partial charge on any atom is -0.493 e. The number of benzene rings is 2. The Morgan fingerprint density at radius 1 is 1.21 bits per heavy atom. The second kappa shape index (κ2) is 9.05. The fourth-order valence-electron chi connectivity index (χ4n) is 3.58. The first-order chi connectivity index (χ1) is 15.7. The van der Waals surface area contributed by atoms with Crippen molar-refractivity contribution in [1.82, 2.24) is 0 Å². The van der Waals surface area contributed by atoms with Gasteiger partial charge in [-0.05, 0) is 42.0 Å². The van der Waals surface area contributed by atoms with E-state index in [1.807, 2.05) is 0 Å². The lowest BCUT2D eigenvalue weighted by molar-refractivity contribution is -0.120. The number of thiophene rings is 1. The zero-order valence-corrected chi connectivity index (χ0v) is 19.7. The van der Waals surface area contributed by atoms with Gasteiger partial charge < -0.3 is 20.5 Å². The second-order valence-electron chi connectivity index (χ2n) is 7.27. The first kappa shape index (κ1) is 23.1. The topological polar surface area (TPSA) is 125 Å². The van der Waals surface area contributed by atoms with Crippen LogP contribution in [-0.4, -0.2) is 33.9 Å². The summed E-state index contributed by atoms with van der Waals surface area (Å²) in [6.45, 7) is -0.335. The number of sulfone groups is 1. The van der Waals surface area contributed by atoms with Gasteiger partial charge in [-0.3, -0.25) is 9.59 Å². The van der Waals surface area contributed by atoms with E-state index >= 15 is 0 Å². The molecule has 0 radical (unpaired) electrons. The average molecular weight is 507 g/mol. The Bertz CT molecular complexity index is 1340. The maximum atomic E-state index is 13.2. The molecular formula is C22H19ClN2O6S2. The molecule has 0 spiro atoms. The number of rotatable bonds is 7. The van der Waals surface area contributed by atoms with Crippen molar-refractivity contribution in [2.45, 2.75) is 22.1 Å². The van der Waals surface area contributed by atoms with Crippen LogP contribution in [0.5, 0.6) is 11.5 Å². The van der Waals surface area contributed by atoms with Crippen molar-refractivity contribution in [1.29, 1.82) is 0 Å². The van der Waals surface area contributed by atoms with Crippen LogP contribution in [0.1, 0.15) is 22.8 Å². The molecule has 1 aliphatic heterocycles. The van der Waals surface area contributed by atoms with Crippen molar-refractivity contribution < 1.29 is 27.5 Å². The maximum absolute atomic E-state index is 13.2. The molecular weight excluding hydrogens is 488 g/mol. The molecule has 2 aromatic carbocycles. The number of carbonyl (C=O) groups is 2. The molecule has 0 saturated heterocycles. The van der Waals surface area contributed by atoms with Gasteiger partial charge in [-0.15, -0.1) is 11.3 Å². The minimum atomic E-state index is -3.88. The van der Waals surface area contributed by atoms with Gasteiger partial charge in [-0.2, -0.15) is 0 Å². The molecule has 1 aliphatic rings. The quantitative estimate of drug-likeness (QED) is 0.504. The van der Waals surface area contributed by atoms with Crippen LogP contribution >= 0.6 is 22.9 Å². The third-order valence-electron chi connectivity index (χ3n) is 5.13. The molecule has 1 unspecified atom stereocenters. The number of primary amides is 1. The molecule has 0 fully saturated rings. The Kier molecular flexibility index (Phi) is 6.33. The molecule has 1 atom stereocenters. The largest absolute Gasteiger partial charge is 0.493 e. The number of methoxy groups -OCH3 is 1. The Hall–Kier alpha value is -3.08. The molecule has 33 heavy (non-hydrogen) atoms. The predicted octanol–water partition coefficient (Wildman–Crippen LogP) is 3.58. The zero-order valence-electron chi connectivity index (χ0n) is 17.3. The van der Waals surface area contributed by atoms with E-state index in [1.165, 1.54) is 48.1 Å². The number of ether oxygens (including phenoxy) is 2. The minimum absolute atomic E-state index is 0.0292. The summed E-state index contributed by atoms with van der Waals surface area (Å²) in [5.41, 5.74) is 6.16. The molecule has 0 bridgehead atoms. The molecule has 1 aromatic heterocycles. The number of fused-ring (bicyclic) bond motifs is 1. The summed E-state index contributed by atoms with van der Waals surface area (Å²) in [5, 5.41) is 4.67. The first-order valence-corrected chi connectivity index (χ1v) is 12.5. The van der Waals surface area contributed by atoms with Crippen molar-refractivity contribution >= 4 is 50.3 Å². The fourth-order valence-corrected chi connectivity index (χ4v) is 6.62. The van der Waals surface area contributed by atoms with Crippen molar-refractivity contribution in [2.75, 3.05) is 19.0 Å². The molecule has 0 saturated carbocycles. The van der Waals surface area contributed by atoms with Crippen LogP contribution in [0.2, 0.25) is 5.02 Å². The molecule has 0 aliphatic carbocycles. The van der Waals surface area contributed by atoms with Crippen LogP contribution in [0.4, 0.5) is 5.69 Å². The number of carbonyl (C=O) groups excluding carboxylic acids is 2. The third kappa shape index (κ3) is 4.54. The highest BCUT2D eigenvalue weighted by molar-refractivity contribution is 7.91. The highest BCUT2D eigenvalue weighted by Gasteiger charge is 2.34. The molecule has 3 aromatic rings. The number of anilines is 1. The lowest BCUT2D eigenvalue weighted by atomic mass is 9.90. The van der Waals surface area contributed by atoms with Gasteiger partial charge in [0, 0.05) is 27.6 Å². The highest BCUT2D eigenvalue weighted by atomic mass is 35.5. The van der Waals surface area contributed by atoms with E-state index in [-0.39, 0.29) is 34.4 Å². The highest BCUT2D eigenvalue weighted by Crippen LogP contribution is 2.47. The number of nitrogens with two attached hydrogens (primary N) is 1. The van der Waals surface area contributed by atoms with Gasteiger partial charge in [0.1, 0.15) is 4.90 Å². The van der Waals surface area contributed by atoms with E-state index in [0.717, 1.165) is 0 Å². The number of hydrogen-bond donors (Lipinski definition) is 2. The zero-order chi connectivity index (χ0) is 23.8. The van der Waals surface area contributed by atoms with Gasteiger partial charge in [0.2, 0.25) is 15.7 Å². The number of amides is 2. The Balaban J connectivity index is 1.76. The Morgan fingerprint density at radius 3 is 2.61 bits per heavy atom. The standard InChI is InChI=1S/C22H19ClN2O6S2/c1-30-16-7-2-12(8-17(16)31-10-19(24)26)15-9-20(27)25-21-18(11-32-22(15)21)33(28,29)14-5-3-13(23)4-6-14/h2-8,11,15H,9-10H2,1H3,(H2,24,26)(H,25,27). The number of halogens is 1. The maximum Gasteiger partial charge on any atom is 0.255 e. The number of hydrogen-bond acceptors (Lipinski definition) is 7. The summed E-state index contributed by atoms with van der Waals surface area (Å²) in [5.74, 6) is -0.662. The smallest absolute Gasteiger partial charge is 0.255 e. The van der Waals surface area contributed by atoms with Gasteiger partial charge in [0.15, 0.2) is 18.1 Å². The summed E-state index contributed by atoms with van der Waals surface area (Å²) in [7, 11) is -2.42. The van der Waals surface area contributed by atoms with E-state index < -0.39 is 21.7 Å². The average Bonchev–Trinajstić information content (AvgIpc) is 3.21. The van der Waals surface area contributed by atoms with E-state index in [0.29, 0.717) is 27.0 Å². The van der Waals surface area contributed by atoms with Crippen LogP contribution in [0.3, 0.4) is 0 Å². The SMILES string of the molecule is COc1ccc(C2CC(=O)Nc3c(S(=O)(=O)c4ccc(Cl)cc4)csc32)cc1OCC(N)=O. The van der Waals surface area contributed by atoms with E-state index in [9.17, 15) is 18.0 Å². The monoisotopic (exact) mass is 506 g/mol. The summed E-state index contributed by atoms with van der Waals surface area (Å²) in [6, 6.07) is 11.0. The number of nitrogens with one attached hydrogen (secondary N) is 1. The lowest BCUT2D eigenvalue weighted by Crippen LogP contribution is -2.23. The predicted molar refractivity (Wildman–Crippen MR) is 124 cm³/mol. The molecule has 172 valence electrons.